The van der Waals surface area contributed by atoms with E-state index in [1.54, 1.807) is 0 Å². The molecule has 4 aliphatic rings. The summed E-state index contributed by atoms with van der Waals surface area (Å²) < 4.78 is 38.1. The van der Waals surface area contributed by atoms with Gasteiger partial charge in [0.2, 0.25) is 5.60 Å². The molecule has 20 heavy (non-hydrogen) atoms. The Morgan fingerprint density at radius 1 is 1.05 bits per heavy atom. The number of carbonyl (C=O) groups is 1. The summed E-state index contributed by atoms with van der Waals surface area (Å²) in [5, 5.41) is 11.9. The van der Waals surface area contributed by atoms with Gasteiger partial charge in [0.1, 0.15) is 0 Å². The summed E-state index contributed by atoms with van der Waals surface area (Å²) in [4.78, 5) is 11.8. The van der Waals surface area contributed by atoms with Crippen LogP contribution in [0.4, 0.5) is 13.2 Å². The Morgan fingerprint density at radius 2 is 1.50 bits per heavy atom. The first kappa shape index (κ1) is 14.2. The van der Waals surface area contributed by atoms with Gasteiger partial charge in [-0.2, -0.15) is 13.2 Å². The van der Waals surface area contributed by atoms with E-state index in [9.17, 15) is 23.1 Å². The molecule has 4 fully saturated rings. The molecule has 1 atom stereocenters. The molecule has 4 aliphatic carbocycles. The molecule has 0 aromatic carbocycles. The molecule has 114 valence electrons. The number of hydrogen-bond donors (Lipinski definition) is 2. The Bertz CT molecular complexity index is 391. The van der Waals surface area contributed by atoms with E-state index in [4.69, 9.17) is 0 Å². The van der Waals surface area contributed by atoms with Gasteiger partial charge in [0.25, 0.3) is 5.91 Å². The molecule has 6 heteroatoms. The Balaban J connectivity index is 1.71. The normalized spacial score (nSPS) is 42.4. The van der Waals surface area contributed by atoms with Crippen molar-refractivity contribution in [3.05, 3.63) is 0 Å². The molecule has 4 rings (SSSR count). The summed E-state index contributed by atoms with van der Waals surface area (Å²) in [5.41, 5.74) is -3.30. The van der Waals surface area contributed by atoms with E-state index in [2.05, 4.69) is 5.32 Å². The van der Waals surface area contributed by atoms with E-state index in [0.717, 1.165) is 25.7 Å². The third-order valence-corrected chi connectivity index (χ3v) is 5.52. The highest BCUT2D eigenvalue weighted by atomic mass is 19.4. The van der Waals surface area contributed by atoms with Gasteiger partial charge in [-0.25, -0.2) is 0 Å². The topological polar surface area (TPSA) is 49.3 Å². The molecule has 0 aliphatic heterocycles. The minimum Gasteiger partial charge on any atom is -0.373 e. The highest BCUT2D eigenvalue weighted by Gasteiger charge is 2.57. The van der Waals surface area contributed by atoms with Crippen molar-refractivity contribution >= 4 is 5.91 Å². The lowest BCUT2D eigenvalue weighted by Gasteiger charge is -2.54. The summed E-state index contributed by atoms with van der Waals surface area (Å²) in [7, 11) is 0. The molecule has 0 saturated heterocycles. The number of amides is 1. The first-order chi connectivity index (χ1) is 9.18. The van der Waals surface area contributed by atoms with E-state index in [-0.39, 0.29) is 6.04 Å². The van der Waals surface area contributed by atoms with E-state index in [1.165, 1.54) is 6.42 Å². The minimum absolute atomic E-state index is 0.191. The van der Waals surface area contributed by atoms with E-state index in [1.807, 2.05) is 0 Å². The van der Waals surface area contributed by atoms with Gasteiger partial charge in [-0.05, 0) is 62.7 Å². The average Bonchev–Trinajstić information content (AvgIpc) is 2.31. The van der Waals surface area contributed by atoms with Gasteiger partial charge in [0, 0.05) is 6.04 Å². The second-order valence-electron chi connectivity index (χ2n) is 7.00. The molecule has 4 saturated carbocycles. The lowest BCUT2D eigenvalue weighted by molar-refractivity contribution is -0.246. The van der Waals surface area contributed by atoms with Crippen LogP contribution in [0.1, 0.15) is 39.0 Å². The summed E-state index contributed by atoms with van der Waals surface area (Å²) >= 11 is 0. The van der Waals surface area contributed by atoms with Crippen LogP contribution >= 0.6 is 0 Å². The highest BCUT2D eigenvalue weighted by Crippen LogP contribution is 2.53. The largest absolute Gasteiger partial charge is 0.426 e. The third-order valence-electron chi connectivity index (χ3n) is 5.52. The van der Waals surface area contributed by atoms with Crippen LogP contribution in [0.15, 0.2) is 0 Å². The minimum atomic E-state index is -4.94. The third kappa shape index (κ3) is 2.12. The monoisotopic (exact) mass is 291 g/mol. The molecular weight excluding hydrogens is 271 g/mol. The van der Waals surface area contributed by atoms with Crippen LogP contribution in [0.3, 0.4) is 0 Å². The lowest BCUT2D eigenvalue weighted by Crippen LogP contribution is -2.62. The lowest BCUT2D eigenvalue weighted by atomic mass is 9.54. The van der Waals surface area contributed by atoms with Crippen LogP contribution in [0.5, 0.6) is 0 Å². The molecule has 0 spiro atoms. The van der Waals surface area contributed by atoms with E-state index < -0.39 is 17.7 Å². The fourth-order valence-electron chi connectivity index (χ4n) is 4.58. The van der Waals surface area contributed by atoms with E-state index >= 15 is 0 Å². The van der Waals surface area contributed by atoms with Crippen molar-refractivity contribution in [1.82, 2.24) is 5.32 Å². The van der Waals surface area contributed by atoms with Crippen molar-refractivity contribution in [2.75, 3.05) is 0 Å². The first-order valence-electron chi connectivity index (χ1n) is 7.28. The molecule has 0 radical (unpaired) electrons. The smallest absolute Gasteiger partial charge is 0.373 e. The van der Waals surface area contributed by atoms with Crippen LogP contribution in [0.2, 0.25) is 0 Å². The number of rotatable bonds is 2. The average molecular weight is 291 g/mol. The van der Waals surface area contributed by atoms with Gasteiger partial charge in [-0.3, -0.25) is 4.79 Å². The SMILES string of the molecule is C[C@](O)(C(=O)NC1C2CC3CC(C2)CC1C3)C(F)(F)F. The van der Waals surface area contributed by atoms with Crippen molar-refractivity contribution < 1.29 is 23.1 Å². The summed E-state index contributed by atoms with van der Waals surface area (Å²) in [5.74, 6) is 0.656. The van der Waals surface area contributed by atoms with Crippen LogP contribution in [0.25, 0.3) is 0 Å². The summed E-state index contributed by atoms with van der Waals surface area (Å²) in [6.07, 6.45) is 0.327. The van der Waals surface area contributed by atoms with Crippen molar-refractivity contribution in [1.29, 1.82) is 0 Å². The molecular formula is C14H20F3NO2. The summed E-state index contributed by atoms with van der Waals surface area (Å²) in [6.45, 7) is 0.526. The van der Waals surface area contributed by atoms with Gasteiger partial charge in [0.15, 0.2) is 0 Å². The predicted octanol–water partition coefficient (Wildman–Crippen LogP) is 2.24. The molecule has 0 unspecified atom stereocenters. The van der Waals surface area contributed by atoms with Gasteiger partial charge < -0.3 is 10.4 Å². The van der Waals surface area contributed by atoms with Gasteiger partial charge in [-0.15, -0.1) is 0 Å². The molecule has 4 bridgehead atoms. The maximum atomic E-state index is 12.7. The molecule has 1 amide bonds. The summed E-state index contributed by atoms with van der Waals surface area (Å²) in [6, 6.07) is -0.191. The van der Waals surface area contributed by atoms with Gasteiger partial charge in [0.05, 0.1) is 0 Å². The Kier molecular flexibility index (Phi) is 3.09. The van der Waals surface area contributed by atoms with Crippen molar-refractivity contribution in [3.8, 4) is 0 Å². The fraction of sp³-hybridized carbons (Fsp3) is 0.929. The molecule has 0 aromatic heterocycles. The number of hydrogen-bond acceptors (Lipinski definition) is 2. The zero-order valence-corrected chi connectivity index (χ0v) is 11.4. The number of nitrogens with one attached hydrogen (secondary N) is 1. The van der Waals surface area contributed by atoms with E-state index in [0.29, 0.717) is 30.6 Å². The molecule has 2 N–H and O–H groups in total. The number of carbonyl (C=O) groups excluding carboxylic acids is 1. The highest BCUT2D eigenvalue weighted by molar-refractivity contribution is 5.85. The van der Waals surface area contributed by atoms with Crippen molar-refractivity contribution in [2.45, 2.75) is 56.8 Å². The standard InChI is InChI=1S/C14H20F3NO2/c1-13(20,14(15,16)17)12(19)18-11-9-3-7-2-8(5-9)6-10(11)4-7/h7-11,20H,2-6H2,1H3,(H,18,19)/t7?,8?,9?,10?,11?,13-/m0/s1. The second kappa shape index (κ2) is 4.36. The molecule has 0 aromatic rings. The second-order valence-corrected chi connectivity index (χ2v) is 7.00. The maximum absolute atomic E-state index is 12.7. The molecule has 3 nitrogen and oxygen atoms in total. The van der Waals surface area contributed by atoms with Gasteiger partial charge in [-0.1, -0.05) is 0 Å². The van der Waals surface area contributed by atoms with Crippen LogP contribution in [-0.4, -0.2) is 28.8 Å². The number of aliphatic hydroxyl groups is 1. The number of halogens is 3. The predicted molar refractivity (Wildman–Crippen MR) is 65.7 cm³/mol. The zero-order valence-electron chi connectivity index (χ0n) is 11.4. The Hall–Kier alpha value is -0.780. The number of alkyl halides is 3. The zero-order chi connectivity index (χ0) is 14.7. The van der Waals surface area contributed by atoms with Crippen LogP contribution < -0.4 is 5.32 Å². The molecule has 0 heterocycles. The quantitative estimate of drug-likeness (QED) is 0.820. The van der Waals surface area contributed by atoms with Crippen molar-refractivity contribution in [3.63, 3.8) is 0 Å². The fourth-order valence-corrected chi connectivity index (χ4v) is 4.58. The van der Waals surface area contributed by atoms with Crippen LogP contribution in [-0.2, 0) is 4.79 Å². The Labute approximate surface area is 115 Å². The van der Waals surface area contributed by atoms with Gasteiger partial charge >= 0.3 is 6.18 Å². The Morgan fingerprint density at radius 3 is 1.90 bits per heavy atom. The van der Waals surface area contributed by atoms with Crippen LogP contribution in [0, 0.1) is 23.7 Å². The first-order valence-corrected chi connectivity index (χ1v) is 7.28. The maximum Gasteiger partial charge on any atom is 0.426 e. The van der Waals surface area contributed by atoms with Crippen molar-refractivity contribution in [2.24, 2.45) is 23.7 Å².